The van der Waals surface area contributed by atoms with Gasteiger partial charge in [-0.2, -0.15) is 0 Å². The summed E-state index contributed by atoms with van der Waals surface area (Å²) in [6, 6.07) is -1.39. The van der Waals surface area contributed by atoms with E-state index in [0.717, 1.165) is 51.4 Å². The third-order valence-corrected chi connectivity index (χ3v) is 9.84. The quantitative estimate of drug-likeness (QED) is 0.0276. The van der Waals surface area contributed by atoms with E-state index < -0.39 is 24.5 Å². The van der Waals surface area contributed by atoms with Crippen molar-refractivity contribution in [3.8, 4) is 0 Å². The standard InChI is InChI=1S/C46H82N2O7/c1-3-5-7-9-11-13-14-15-16-17-18-19-20-21-22-24-26-28-34-38-45(52)55-41(35-31-27-25-23-12-10-8-6-4-2)36-32-29-30-33-37-43(50)47-39-44(51)48-42(40-49)46(53)54/h15-16,23,25,31,35,41-42,49H,3-14,17-22,24,26-30,32-34,36-40H2,1-2H3,(H,47,50)(H,48,51)(H,53,54)/b16-15-,25-23-,35-31-. The van der Waals surface area contributed by atoms with Crippen LogP contribution in [0.3, 0.4) is 0 Å². The summed E-state index contributed by atoms with van der Waals surface area (Å²) in [5.41, 5.74) is 0. The lowest BCUT2D eigenvalue weighted by molar-refractivity contribution is -0.147. The lowest BCUT2D eigenvalue weighted by Gasteiger charge is -2.15. The fourth-order valence-corrected chi connectivity index (χ4v) is 6.36. The maximum absolute atomic E-state index is 12.7. The number of rotatable bonds is 40. The number of allylic oxidation sites excluding steroid dienone is 5. The van der Waals surface area contributed by atoms with Gasteiger partial charge in [0.25, 0.3) is 0 Å². The van der Waals surface area contributed by atoms with Crippen LogP contribution in [0.2, 0.25) is 0 Å². The summed E-state index contributed by atoms with van der Waals surface area (Å²) >= 11 is 0. The summed E-state index contributed by atoms with van der Waals surface area (Å²) in [5.74, 6) is -2.42. The number of unbranched alkanes of at least 4 members (excludes halogenated alkanes) is 22. The summed E-state index contributed by atoms with van der Waals surface area (Å²) in [6.45, 7) is 3.43. The first-order valence-corrected chi connectivity index (χ1v) is 22.4. The molecule has 0 radical (unpaired) electrons. The fourth-order valence-electron chi connectivity index (χ4n) is 6.36. The molecule has 0 bridgehead atoms. The Kier molecular flexibility index (Phi) is 38.5. The molecule has 0 aliphatic heterocycles. The van der Waals surface area contributed by atoms with Crippen LogP contribution >= 0.6 is 0 Å². The highest BCUT2D eigenvalue weighted by Crippen LogP contribution is 2.15. The summed E-state index contributed by atoms with van der Waals surface area (Å²) in [5, 5.41) is 22.5. The predicted molar refractivity (Wildman–Crippen MR) is 227 cm³/mol. The molecule has 2 unspecified atom stereocenters. The number of carboxylic acid groups (broad SMARTS) is 1. The Morgan fingerprint density at radius 1 is 0.564 bits per heavy atom. The van der Waals surface area contributed by atoms with Gasteiger partial charge in [-0.15, -0.1) is 0 Å². The maximum Gasteiger partial charge on any atom is 0.328 e. The summed E-state index contributed by atoms with van der Waals surface area (Å²) in [4.78, 5) is 47.6. The van der Waals surface area contributed by atoms with Gasteiger partial charge in [0.15, 0.2) is 0 Å². The van der Waals surface area contributed by atoms with Crippen molar-refractivity contribution in [1.29, 1.82) is 0 Å². The molecule has 9 heteroatoms. The zero-order valence-corrected chi connectivity index (χ0v) is 35.2. The highest BCUT2D eigenvalue weighted by molar-refractivity contribution is 5.87. The van der Waals surface area contributed by atoms with Crippen molar-refractivity contribution < 1.29 is 34.1 Å². The van der Waals surface area contributed by atoms with Crippen molar-refractivity contribution in [2.45, 2.75) is 219 Å². The molecular formula is C46H82N2O7. The van der Waals surface area contributed by atoms with Crippen LogP contribution in [0.1, 0.15) is 206 Å². The van der Waals surface area contributed by atoms with Crippen molar-refractivity contribution in [2.75, 3.05) is 13.2 Å². The molecule has 55 heavy (non-hydrogen) atoms. The summed E-state index contributed by atoms with van der Waals surface area (Å²) in [7, 11) is 0. The largest absolute Gasteiger partial charge is 0.480 e. The smallest absolute Gasteiger partial charge is 0.328 e. The number of hydrogen-bond acceptors (Lipinski definition) is 6. The van der Waals surface area contributed by atoms with Crippen molar-refractivity contribution in [1.82, 2.24) is 10.6 Å². The van der Waals surface area contributed by atoms with E-state index in [9.17, 15) is 19.2 Å². The molecule has 0 aromatic rings. The normalized spacial score (nSPS) is 12.8. The molecule has 0 aliphatic rings. The maximum atomic E-state index is 12.7. The number of aliphatic carboxylic acids is 1. The number of nitrogens with one attached hydrogen (secondary N) is 2. The van der Waals surface area contributed by atoms with Crippen molar-refractivity contribution in [2.24, 2.45) is 0 Å². The molecule has 0 heterocycles. The van der Waals surface area contributed by atoms with Gasteiger partial charge < -0.3 is 25.6 Å². The van der Waals surface area contributed by atoms with Crippen LogP contribution in [-0.4, -0.2) is 59.3 Å². The molecular weight excluding hydrogens is 693 g/mol. The molecule has 2 amide bonds. The minimum Gasteiger partial charge on any atom is -0.480 e. The van der Waals surface area contributed by atoms with Crippen LogP contribution in [0, 0.1) is 0 Å². The first kappa shape index (κ1) is 52.1. The third-order valence-electron chi connectivity index (χ3n) is 9.84. The Labute approximate surface area is 336 Å². The molecule has 0 aromatic carbocycles. The Bertz CT molecular complexity index is 1030. The van der Waals surface area contributed by atoms with E-state index in [2.05, 4.69) is 54.9 Å². The first-order chi connectivity index (χ1) is 26.8. The molecule has 4 N–H and O–H groups in total. The second-order valence-corrected chi connectivity index (χ2v) is 15.1. The second kappa shape index (κ2) is 40.7. The van der Waals surface area contributed by atoms with Gasteiger partial charge in [0.05, 0.1) is 13.2 Å². The SMILES string of the molecule is CCCCCC/C=C\C/C=C\C(CCCCCCC(=O)NCC(=O)NC(CO)C(=O)O)OC(=O)CCCCCCCCCCC/C=C\CCCCCCCC. The number of aliphatic hydroxyl groups is 1. The third kappa shape index (κ3) is 37.7. The topological polar surface area (TPSA) is 142 Å². The summed E-state index contributed by atoms with van der Waals surface area (Å²) < 4.78 is 5.90. The minimum absolute atomic E-state index is 0.128. The van der Waals surface area contributed by atoms with E-state index in [-0.39, 0.29) is 30.9 Å². The van der Waals surface area contributed by atoms with Gasteiger partial charge in [0, 0.05) is 12.8 Å². The number of hydrogen-bond donors (Lipinski definition) is 4. The zero-order valence-electron chi connectivity index (χ0n) is 35.2. The number of esters is 1. The Morgan fingerprint density at radius 3 is 1.58 bits per heavy atom. The number of ether oxygens (including phenoxy) is 1. The molecule has 9 nitrogen and oxygen atoms in total. The molecule has 0 saturated heterocycles. The number of carbonyl (C=O) groups is 4. The van der Waals surface area contributed by atoms with Gasteiger partial charge in [0.1, 0.15) is 12.1 Å². The Morgan fingerprint density at radius 2 is 1.04 bits per heavy atom. The van der Waals surface area contributed by atoms with E-state index in [0.29, 0.717) is 12.8 Å². The summed E-state index contributed by atoms with van der Waals surface area (Å²) in [6.07, 6.45) is 46.2. The Hall–Kier alpha value is -2.94. The van der Waals surface area contributed by atoms with E-state index in [1.807, 2.05) is 6.08 Å². The van der Waals surface area contributed by atoms with Gasteiger partial charge in [-0.3, -0.25) is 14.4 Å². The number of carboxylic acids is 1. The van der Waals surface area contributed by atoms with E-state index >= 15 is 0 Å². The van der Waals surface area contributed by atoms with Gasteiger partial charge in [0.2, 0.25) is 11.8 Å². The van der Waals surface area contributed by atoms with E-state index in [1.165, 1.54) is 122 Å². The van der Waals surface area contributed by atoms with Crippen molar-refractivity contribution in [3.63, 3.8) is 0 Å². The lowest BCUT2D eigenvalue weighted by Crippen LogP contribution is -2.47. The van der Waals surface area contributed by atoms with Crippen LogP contribution in [0.15, 0.2) is 36.5 Å². The zero-order chi connectivity index (χ0) is 40.5. The number of amides is 2. The lowest BCUT2D eigenvalue weighted by atomic mass is 10.1. The van der Waals surface area contributed by atoms with Gasteiger partial charge in [-0.1, -0.05) is 153 Å². The monoisotopic (exact) mass is 775 g/mol. The van der Waals surface area contributed by atoms with Crippen LogP contribution in [-0.2, 0) is 23.9 Å². The highest BCUT2D eigenvalue weighted by Gasteiger charge is 2.18. The minimum atomic E-state index is -1.39. The van der Waals surface area contributed by atoms with Gasteiger partial charge >= 0.3 is 11.9 Å². The molecule has 0 aliphatic carbocycles. The van der Waals surface area contributed by atoms with Crippen LogP contribution < -0.4 is 10.6 Å². The molecule has 0 rings (SSSR count). The molecule has 2 atom stereocenters. The van der Waals surface area contributed by atoms with Crippen LogP contribution in [0.25, 0.3) is 0 Å². The van der Waals surface area contributed by atoms with Crippen molar-refractivity contribution >= 4 is 23.8 Å². The second-order valence-electron chi connectivity index (χ2n) is 15.1. The average Bonchev–Trinajstić information content (AvgIpc) is 3.17. The average molecular weight is 775 g/mol. The fraction of sp³-hybridized carbons (Fsp3) is 0.783. The molecule has 0 saturated carbocycles. The van der Waals surface area contributed by atoms with E-state index in [4.69, 9.17) is 14.9 Å². The van der Waals surface area contributed by atoms with Crippen LogP contribution in [0.5, 0.6) is 0 Å². The molecule has 318 valence electrons. The van der Waals surface area contributed by atoms with Gasteiger partial charge in [-0.25, -0.2) is 4.79 Å². The van der Waals surface area contributed by atoms with E-state index in [1.54, 1.807) is 0 Å². The highest BCUT2D eigenvalue weighted by atomic mass is 16.5. The molecule has 0 spiro atoms. The number of carbonyl (C=O) groups excluding carboxylic acids is 3. The van der Waals surface area contributed by atoms with Crippen molar-refractivity contribution in [3.05, 3.63) is 36.5 Å². The Balaban J connectivity index is 4.25. The number of aliphatic hydroxyl groups excluding tert-OH is 1. The molecule has 0 aromatic heterocycles. The first-order valence-electron chi connectivity index (χ1n) is 22.4. The van der Waals surface area contributed by atoms with Crippen LogP contribution in [0.4, 0.5) is 0 Å². The predicted octanol–water partition coefficient (Wildman–Crippen LogP) is 11.0. The van der Waals surface area contributed by atoms with Gasteiger partial charge in [-0.05, 0) is 76.7 Å². The molecule has 0 fully saturated rings.